The van der Waals surface area contributed by atoms with Crippen molar-refractivity contribution in [2.45, 2.75) is 27.7 Å². The molecule has 0 aliphatic rings. The SMILES string of the molecule is C/C(=C(/C#N)C(=O)OCC(COC(=O)/C(C#N)=C(\C)c1ccccc1)(COC(=O)/C(C#N)=C(\C)c1ccccc1)COC(=O)/C(C#N)=C(\C)c1ccccc1)c1ccccc1. The summed E-state index contributed by atoms with van der Waals surface area (Å²) in [6, 6.07) is 41.8. The van der Waals surface area contributed by atoms with Gasteiger partial charge in [0, 0.05) is 0 Å². The van der Waals surface area contributed by atoms with Crippen LogP contribution in [0.4, 0.5) is 0 Å². The highest BCUT2D eigenvalue weighted by Crippen LogP contribution is 2.28. The smallest absolute Gasteiger partial charge is 0.349 e. The lowest BCUT2D eigenvalue weighted by atomic mass is 9.91. The molecule has 12 heteroatoms. The molecule has 0 radical (unpaired) electrons. The first kappa shape index (κ1) is 45.4. The summed E-state index contributed by atoms with van der Waals surface area (Å²) in [6.45, 7) is 2.99. The van der Waals surface area contributed by atoms with E-state index in [4.69, 9.17) is 18.9 Å². The molecule has 0 amide bonds. The summed E-state index contributed by atoms with van der Waals surface area (Å²) < 4.78 is 22.7. The van der Waals surface area contributed by atoms with Gasteiger partial charge in [0.1, 0.15) is 78.4 Å². The number of hydrogen-bond acceptors (Lipinski definition) is 12. The number of rotatable bonds is 16. The van der Waals surface area contributed by atoms with E-state index in [9.17, 15) is 40.2 Å². The van der Waals surface area contributed by atoms with E-state index in [0.29, 0.717) is 22.3 Å². The van der Waals surface area contributed by atoms with Crippen LogP contribution in [0, 0.1) is 50.7 Å². The van der Waals surface area contributed by atoms with Crippen LogP contribution in [0.2, 0.25) is 0 Å². The minimum atomic E-state index is -1.96. The number of esters is 4. The molecule has 0 bridgehead atoms. The van der Waals surface area contributed by atoms with Gasteiger partial charge in [-0.15, -0.1) is 0 Å². The van der Waals surface area contributed by atoms with E-state index in [0.717, 1.165) is 0 Å². The lowest BCUT2D eigenvalue weighted by Crippen LogP contribution is -2.44. The molecular formula is C49H40N4O8. The molecule has 0 atom stereocenters. The molecule has 304 valence electrons. The second-order valence-electron chi connectivity index (χ2n) is 13.7. The van der Waals surface area contributed by atoms with Crippen LogP contribution >= 0.6 is 0 Å². The van der Waals surface area contributed by atoms with Crippen LogP contribution in [0.5, 0.6) is 0 Å². The summed E-state index contributed by atoms with van der Waals surface area (Å²) in [4.78, 5) is 54.7. The number of nitrogens with zero attached hydrogens (tertiary/aromatic N) is 4. The van der Waals surface area contributed by atoms with Crippen molar-refractivity contribution in [1.82, 2.24) is 0 Å². The van der Waals surface area contributed by atoms with Gasteiger partial charge in [0.25, 0.3) is 0 Å². The monoisotopic (exact) mass is 812 g/mol. The van der Waals surface area contributed by atoms with Crippen LogP contribution in [0.1, 0.15) is 49.9 Å². The Hall–Kier alpha value is -8.32. The summed E-state index contributed by atoms with van der Waals surface area (Å²) in [5, 5.41) is 40.3. The van der Waals surface area contributed by atoms with Gasteiger partial charge in [-0.2, -0.15) is 21.0 Å². The highest BCUT2D eigenvalue weighted by Gasteiger charge is 2.40. The van der Waals surface area contributed by atoms with Gasteiger partial charge in [-0.3, -0.25) is 0 Å². The Morgan fingerprint density at radius 3 is 0.721 bits per heavy atom. The van der Waals surface area contributed by atoms with Crippen molar-refractivity contribution in [2.75, 3.05) is 26.4 Å². The minimum absolute atomic E-state index is 0.281. The van der Waals surface area contributed by atoms with Crippen molar-refractivity contribution in [3.8, 4) is 24.3 Å². The van der Waals surface area contributed by atoms with Gasteiger partial charge in [-0.1, -0.05) is 121 Å². The largest absolute Gasteiger partial charge is 0.461 e. The van der Waals surface area contributed by atoms with Crippen LogP contribution in [-0.4, -0.2) is 50.3 Å². The van der Waals surface area contributed by atoms with Gasteiger partial charge in [-0.25, -0.2) is 19.2 Å². The number of ether oxygens (including phenoxy) is 4. The molecule has 0 saturated carbocycles. The highest BCUT2D eigenvalue weighted by atomic mass is 16.6. The Morgan fingerprint density at radius 1 is 0.377 bits per heavy atom. The van der Waals surface area contributed by atoms with Crippen molar-refractivity contribution in [2.24, 2.45) is 5.41 Å². The number of benzene rings is 4. The van der Waals surface area contributed by atoms with Crippen molar-refractivity contribution in [1.29, 1.82) is 21.0 Å². The standard InChI is InChI=1S/C49H40N4O8/c1-33(37-17-9-5-10-18-37)41(25-50)45(54)58-29-49(30-59-46(55)42(26-51)34(2)38-19-11-6-12-20-38,31-60-47(56)43(27-52)35(3)39-21-13-7-14-22-39)32-61-48(57)44(28-53)36(4)40-23-15-8-16-24-40/h5-24H,29-32H2,1-4H3/b41-33+,42-34+,43-35+,44-36+. The van der Waals surface area contributed by atoms with Crippen molar-refractivity contribution in [3.63, 3.8) is 0 Å². The second-order valence-corrected chi connectivity index (χ2v) is 13.7. The molecule has 0 aliphatic carbocycles. The van der Waals surface area contributed by atoms with Crippen LogP contribution in [-0.2, 0) is 38.1 Å². The summed E-state index contributed by atoms with van der Waals surface area (Å²) in [6.07, 6.45) is 0. The van der Waals surface area contributed by atoms with E-state index in [-0.39, 0.29) is 44.6 Å². The van der Waals surface area contributed by atoms with E-state index in [2.05, 4.69) is 0 Å². The van der Waals surface area contributed by atoms with E-state index in [1.165, 1.54) is 0 Å². The molecule has 0 aliphatic heterocycles. The molecule has 0 N–H and O–H groups in total. The molecule has 0 aromatic heterocycles. The highest BCUT2D eigenvalue weighted by molar-refractivity contribution is 6.03. The van der Waals surface area contributed by atoms with Gasteiger partial charge >= 0.3 is 23.9 Å². The number of carbonyl (C=O) groups is 4. The average Bonchev–Trinajstić information content (AvgIpc) is 3.30. The quantitative estimate of drug-likeness (QED) is 0.0456. The van der Waals surface area contributed by atoms with Crippen LogP contribution in [0.15, 0.2) is 144 Å². The van der Waals surface area contributed by atoms with Crippen molar-refractivity contribution < 1.29 is 38.1 Å². The maximum atomic E-state index is 13.7. The predicted molar refractivity (Wildman–Crippen MR) is 225 cm³/mol. The molecule has 0 unspecified atom stereocenters. The third-order valence-electron chi connectivity index (χ3n) is 9.63. The van der Waals surface area contributed by atoms with Gasteiger partial charge in [-0.05, 0) is 72.2 Å². The zero-order valence-electron chi connectivity index (χ0n) is 33.9. The summed E-state index contributed by atoms with van der Waals surface area (Å²) in [5.74, 6) is -4.43. The Balaban J connectivity index is 1.81. The molecule has 12 nitrogen and oxygen atoms in total. The second kappa shape index (κ2) is 22.0. The molecule has 4 rings (SSSR count). The molecule has 0 heterocycles. The Labute approximate surface area is 354 Å². The predicted octanol–water partition coefficient (Wildman–Crippen LogP) is 8.13. The van der Waals surface area contributed by atoms with Crippen molar-refractivity contribution in [3.05, 3.63) is 166 Å². The lowest BCUT2D eigenvalue weighted by Gasteiger charge is -2.31. The number of hydrogen-bond donors (Lipinski definition) is 0. The minimum Gasteiger partial charge on any atom is -0.461 e. The first-order valence-electron chi connectivity index (χ1n) is 18.7. The molecular weight excluding hydrogens is 773 g/mol. The van der Waals surface area contributed by atoms with Gasteiger partial charge < -0.3 is 18.9 Å². The third-order valence-corrected chi connectivity index (χ3v) is 9.63. The Bertz CT molecular complexity index is 2200. The van der Waals surface area contributed by atoms with E-state index in [1.807, 2.05) is 24.3 Å². The van der Waals surface area contributed by atoms with E-state index >= 15 is 0 Å². The molecule has 4 aromatic carbocycles. The van der Waals surface area contributed by atoms with Crippen LogP contribution in [0.3, 0.4) is 0 Å². The fourth-order valence-corrected chi connectivity index (χ4v) is 5.87. The third kappa shape index (κ3) is 11.9. The van der Waals surface area contributed by atoms with E-state index < -0.39 is 55.7 Å². The maximum Gasteiger partial charge on any atom is 0.349 e. The van der Waals surface area contributed by atoms with Crippen LogP contribution < -0.4 is 0 Å². The summed E-state index contributed by atoms with van der Waals surface area (Å²) >= 11 is 0. The number of allylic oxidation sites excluding steroid dienone is 4. The maximum absolute atomic E-state index is 13.7. The van der Waals surface area contributed by atoms with Gasteiger partial charge in [0.2, 0.25) is 0 Å². The molecule has 0 spiro atoms. The Morgan fingerprint density at radius 2 is 0.557 bits per heavy atom. The lowest BCUT2D eigenvalue weighted by molar-refractivity contribution is -0.165. The Kier molecular flexibility index (Phi) is 16.4. The van der Waals surface area contributed by atoms with E-state index in [1.54, 1.807) is 149 Å². The summed E-state index contributed by atoms with van der Waals surface area (Å²) in [7, 11) is 0. The fourth-order valence-electron chi connectivity index (χ4n) is 5.87. The molecule has 0 fully saturated rings. The normalized spacial score (nSPS) is 12.5. The van der Waals surface area contributed by atoms with Crippen molar-refractivity contribution >= 4 is 46.2 Å². The van der Waals surface area contributed by atoms with Crippen LogP contribution in [0.25, 0.3) is 22.3 Å². The zero-order chi connectivity index (χ0) is 44.4. The fraction of sp³-hybridized carbons (Fsp3) is 0.184. The first-order chi connectivity index (χ1) is 29.4. The molecule has 0 saturated heterocycles. The number of carbonyl (C=O) groups excluding carboxylic acids is 4. The average molecular weight is 813 g/mol. The first-order valence-corrected chi connectivity index (χ1v) is 18.7. The zero-order valence-corrected chi connectivity index (χ0v) is 33.9. The molecule has 4 aromatic rings. The van der Waals surface area contributed by atoms with Gasteiger partial charge in [0.05, 0.1) is 0 Å². The summed E-state index contributed by atoms with van der Waals surface area (Å²) in [5.41, 5.74) is -0.116. The topological polar surface area (TPSA) is 200 Å². The van der Waals surface area contributed by atoms with Gasteiger partial charge in [0.15, 0.2) is 0 Å². The number of nitriles is 4. The molecule has 61 heavy (non-hydrogen) atoms.